The molecule has 0 atom stereocenters. The number of benzene rings is 7. The van der Waals surface area contributed by atoms with Crippen molar-refractivity contribution < 1.29 is 0 Å². The highest BCUT2D eigenvalue weighted by molar-refractivity contribution is 6.01. The summed E-state index contributed by atoms with van der Waals surface area (Å²) in [6.45, 7) is 0. The Morgan fingerprint density at radius 1 is 0.286 bits per heavy atom. The zero-order chi connectivity index (χ0) is 28.1. The molecule has 7 aromatic carbocycles. The summed E-state index contributed by atoms with van der Waals surface area (Å²) in [5.74, 6) is 0. The minimum Gasteiger partial charge on any atom is -0.311 e. The first kappa shape index (κ1) is 25.4. The third-order valence-corrected chi connectivity index (χ3v) is 7.62. The highest BCUT2D eigenvalue weighted by Gasteiger charge is 2.16. The second kappa shape index (κ2) is 11.5. The van der Waals surface area contributed by atoms with Gasteiger partial charge in [0.25, 0.3) is 0 Å². The molecule has 0 N–H and O–H groups in total. The van der Waals surface area contributed by atoms with Crippen molar-refractivity contribution in [2.75, 3.05) is 9.80 Å². The lowest BCUT2D eigenvalue weighted by molar-refractivity contribution is 1.28. The summed E-state index contributed by atoms with van der Waals surface area (Å²) in [4.78, 5) is 4.63. The van der Waals surface area contributed by atoms with Crippen molar-refractivity contribution in [2.45, 2.75) is 0 Å². The maximum absolute atomic E-state index is 2.34. The fourth-order valence-corrected chi connectivity index (χ4v) is 5.62. The molecular weight excluding hydrogens is 508 g/mol. The second-order valence-corrected chi connectivity index (χ2v) is 10.3. The molecular formula is C40H30N2. The van der Waals surface area contributed by atoms with E-state index in [2.05, 4.69) is 192 Å². The fourth-order valence-electron chi connectivity index (χ4n) is 5.62. The van der Waals surface area contributed by atoms with Crippen LogP contribution in [-0.2, 0) is 0 Å². The van der Waals surface area contributed by atoms with E-state index in [9.17, 15) is 0 Å². The monoisotopic (exact) mass is 538 g/mol. The summed E-state index contributed by atoms with van der Waals surface area (Å²) in [6, 6.07) is 64.4. The van der Waals surface area contributed by atoms with Crippen LogP contribution in [0.1, 0.15) is 0 Å². The minimum absolute atomic E-state index is 1.12. The van der Waals surface area contributed by atoms with E-state index in [0.29, 0.717) is 0 Å². The Morgan fingerprint density at radius 3 is 1.21 bits per heavy atom. The van der Waals surface area contributed by atoms with Crippen LogP contribution in [-0.4, -0.2) is 0 Å². The van der Waals surface area contributed by atoms with Crippen molar-refractivity contribution in [3.63, 3.8) is 0 Å². The summed E-state index contributed by atoms with van der Waals surface area (Å²) in [6.07, 6.45) is 0. The summed E-state index contributed by atoms with van der Waals surface area (Å²) in [5, 5.41) is 2.42. The number of fused-ring (bicyclic) bond motifs is 1. The SMILES string of the molecule is c1ccc(N(c2ccccc2)c2ccc(-c3ccc4cccc(N(c5ccccc5)c5ccccc5)c4c3)cc2)cc1. The Morgan fingerprint density at radius 2 is 0.714 bits per heavy atom. The van der Waals surface area contributed by atoms with Crippen molar-refractivity contribution >= 4 is 44.9 Å². The Hall–Kier alpha value is -5.60. The number of rotatable bonds is 7. The molecule has 0 unspecified atom stereocenters. The van der Waals surface area contributed by atoms with Crippen LogP contribution in [0.15, 0.2) is 182 Å². The van der Waals surface area contributed by atoms with Gasteiger partial charge in [0, 0.05) is 33.8 Å². The molecule has 0 spiro atoms. The van der Waals surface area contributed by atoms with Crippen molar-refractivity contribution in [3.05, 3.63) is 182 Å². The average molecular weight is 539 g/mol. The fraction of sp³-hybridized carbons (Fsp3) is 0. The average Bonchev–Trinajstić information content (AvgIpc) is 3.07. The normalized spacial score (nSPS) is 10.9. The molecule has 0 radical (unpaired) electrons. The highest BCUT2D eigenvalue weighted by Crippen LogP contribution is 2.40. The van der Waals surface area contributed by atoms with Gasteiger partial charge in [-0.2, -0.15) is 0 Å². The summed E-state index contributed by atoms with van der Waals surface area (Å²) < 4.78 is 0. The van der Waals surface area contributed by atoms with E-state index in [1.807, 2.05) is 0 Å². The number of hydrogen-bond donors (Lipinski definition) is 0. The zero-order valence-corrected chi connectivity index (χ0v) is 23.2. The Labute approximate surface area is 247 Å². The van der Waals surface area contributed by atoms with E-state index >= 15 is 0 Å². The van der Waals surface area contributed by atoms with Crippen LogP contribution in [0.5, 0.6) is 0 Å². The van der Waals surface area contributed by atoms with E-state index < -0.39 is 0 Å². The Kier molecular flexibility index (Phi) is 6.94. The molecule has 2 nitrogen and oxygen atoms in total. The maximum atomic E-state index is 2.34. The van der Waals surface area contributed by atoms with Gasteiger partial charge in [0.2, 0.25) is 0 Å². The Bertz CT molecular complexity index is 1820. The molecule has 0 aliphatic carbocycles. The first-order valence-electron chi connectivity index (χ1n) is 14.3. The van der Waals surface area contributed by atoms with Crippen LogP contribution in [0.3, 0.4) is 0 Å². The third kappa shape index (κ3) is 5.02. The van der Waals surface area contributed by atoms with Gasteiger partial charge in [0.15, 0.2) is 0 Å². The molecule has 0 aliphatic rings. The van der Waals surface area contributed by atoms with E-state index in [4.69, 9.17) is 0 Å². The molecule has 0 heterocycles. The quantitative estimate of drug-likeness (QED) is 0.199. The van der Waals surface area contributed by atoms with Crippen LogP contribution < -0.4 is 9.80 Å². The largest absolute Gasteiger partial charge is 0.311 e. The molecule has 2 heteroatoms. The molecule has 0 bridgehead atoms. The number of hydrogen-bond acceptors (Lipinski definition) is 2. The first-order chi connectivity index (χ1) is 20.8. The van der Waals surface area contributed by atoms with Gasteiger partial charge in [-0.1, -0.05) is 109 Å². The number of anilines is 6. The first-order valence-corrected chi connectivity index (χ1v) is 14.3. The third-order valence-electron chi connectivity index (χ3n) is 7.62. The molecule has 0 aromatic heterocycles. The van der Waals surface area contributed by atoms with Crippen molar-refractivity contribution in [2.24, 2.45) is 0 Å². The van der Waals surface area contributed by atoms with Gasteiger partial charge in [-0.25, -0.2) is 0 Å². The molecule has 0 saturated carbocycles. The number of para-hydroxylation sites is 4. The summed E-state index contributed by atoms with van der Waals surface area (Å²) >= 11 is 0. The van der Waals surface area contributed by atoms with Crippen molar-refractivity contribution in [3.8, 4) is 11.1 Å². The molecule has 0 amide bonds. The Balaban J connectivity index is 1.31. The number of nitrogens with zero attached hydrogens (tertiary/aromatic N) is 2. The smallest absolute Gasteiger partial charge is 0.0540 e. The van der Waals surface area contributed by atoms with Gasteiger partial charge >= 0.3 is 0 Å². The molecule has 0 fully saturated rings. The van der Waals surface area contributed by atoms with E-state index in [1.165, 1.54) is 21.9 Å². The van der Waals surface area contributed by atoms with Crippen LogP contribution in [0.2, 0.25) is 0 Å². The van der Waals surface area contributed by atoms with Gasteiger partial charge in [-0.3, -0.25) is 0 Å². The van der Waals surface area contributed by atoms with Crippen molar-refractivity contribution in [1.29, 1.82) is 0 Å². The highest BCUT2D eigenvalue weighted by atomic mass is 15.1. The lowest BCUT2D eigenvalue weighted by Crippen LogP contribution is -2.10. The van der Waals surface area contributed by atoms with Crippen LogP contribution in [0.25, 0.3) is 21.9 Å². The van der Waals surface area contributed by atoms with Crippen LogP contribution >= 0.6 is 0 Å². The van der Waals surface area contributed by atoms with E-state index in [-0.39, 0.29) is 0 Å². The lowest BCUT2D eigenvalue weighted by Gasteiger charge is -2.27. The van der Waals surface area contributed by atoms with Crippen molar-refractivity contribution in [1.82, 2.24) is 0 Å². The predicted molar refractivity (Wildman–Crippen MR) is 179 cm³/mol. The van der Waals surface area contributed by atoms with Gasteiger partial charge < -0.3 is 9.80 Å². The van der Waals surface area contributed by atoms with Gasteiger partial charge in [-0.15, -0.1) is 0 Å². The summed E-state index contributed by atoms with van der Waals surface area (Å²) in [5.41, 5.74) is 9.18. The topological polar surface area (TPSA) is 6.48 Å². The molecule has 42 heavy (non-hydrogen) atoms. The minimum atomic E-state index is 1.12. The van der Waals surface area contributed by atoms with Gasteiger partial charge in [-0.05, 0) is 89.3 Å². The lowest BCUT2D eigenvalue weighted by atomic mass is 9.99. The van der Waals surface area contributed by atoms with Gasteiger partial charge in [0.05, 0.1) is 5.69 Å². The predicted octanol–water partition coefficient (Wildman–Crippen LogP) is 11.4. The van der Waals surface area contributed by atoms with Crippen LogP contribution in [0.4, 0.5) is 34.1 Å². The summed E-state index contributed by atoms with van der Waals surface area (Å²) in [7, 11) is 0. The standard InChI is InChI=1S/C40H30N2/c1-5-15-34(16-6-1)41(35-17-7-2-8-18-35)38-28-26-31(27-29-38)33-25-24-32-14-13-23-40(39(32)30-33)42(36-19-9-3-10-20-36)37-21-11-4-12-22-37/h1-30H. The second-order valence-electron chi connectivity index (χ2n) is 10.3. The van der Waals surface area contributed by atoms with E-state index in [0.717, 1.165) is 34.1 Å². The molecule has 7 aromatic rings. The zero-order valence-electron chi connectivity index (χ0n) is 23.2. The molecule has 7 rings (SSSR count). The molecule has 200 valence electrons. The molecule has 0 saturated heterocycles. The maximum Gasteiger partial charge on any atom is 0.0540 e. The molecule has 0 aliphatic heterocycles. The van der Waals surface area contributed by atoms with E-state index in [1.54, 1.807) is 0 Å². The van der Waals surface area contributed by atoms with Crippen LogP contribution in [0, 0.1) is 0 Å². The van der Waals surface area contributed by atoms with Gasteiger partial charge in [0.1, 0.15) is 0 Å².